The average Bonchev–Trinajstić information content (AvgIpc) is 1.77. The second-order valence-corrected chi connectivity index (χ2v) is 1.77. The quantitative estimate of drug-likeness (QED) is 0.459. The highest BCUT2D eigenvalue weighted by atomic mass is 16.1. The van der Waals surface area contributed by atoms with Crippen LogP contribution in [0.2, 0.25) is 0 Å². The van der Waals surface area contributed by atoms with Gasteiger partial charge in [-0.1, -0.05) is 0 Å². The van der Waals surface area contributed by atoms with E-state index in [0.717, 1.165) is 0 Å². The Morgan fingerprint density at radius 2 is 2.62 bits per heavy atom. The van der Waals surface area contributed by atoms with E-state index in [2.05, 4.69) is 5.32 Å². The van der Waals surface area contributed by atoms with Crippen LogP contribution >= 0.6 is 0 Å². The molecule has 0 unspecified atom stereocenters. The number of nitrogens with zero attached hydrogens (tertiary/aromatic N) is 1. The second kappa shape index (κ2) is 1.86. The molecule has 0 radical (unpaired) electrons. The van der Waals surface area contributed by atoms with Crippen LogP contribution in [-0.4, -0.2) is 24.5 Å². The largest absolute Gasteiger partial charge is 0.363 e. The molecule has 1 aliphatic rings. The first-order chi connectivity index (χ1) is 3.79. The molecule has 3 nitrogen and oxygen atoms in total. The van der Waals surface area contributed by atoms with Crippen molar-refractivity contribution in [3.05, 3.63) is 12.3 Å². The summed E-state index contributed by atoms with van der Waals surface area (Å²) >= 11 is 0. The predicted octanol–water partition coefficient (Wildman–Crippen LogP) is -0.481. The maximum Gasteiger partial charge on any atom is 0.246 e. The summed E-state index contributed by atoms with van der Waals surface area (Å²) in [5, 5.41) is 2.63. The number of hydrogen-bond donors (Lipinski definition) is 1. The van der Waals surface area contributed by atoms with Crippen LogP contribution in [0.25, 0.3) is 0 Å². The summed E-state index contributed by atoms with van der Waals surface area (Å²) in [5.41, 5.74) is 0. The SMILES string of the molecule is CN1C=CC(=O)NC1. The molecule has 0 saturated carbocycles. The zero-order valence-electron chi connectivity index (χ0n) is 4.72. The zero-order valence-corrected chi connectivity index (χ0v) is 4.72. The highest BCUT2D eigenvalue weighted by molar-refractivity contribution is 5.87. The molecule has 1 heterocycles. The Morgan fingerprint density at radius 3 is 3.00 bits per heavy atom. The van der Waals surface area contributed by atoms with E-state index < -0.39 is 0 Å². The van der Waals surface area contributed by atoms with Gasteiger partial charge in [0.05, 0.1) is 6.67 Å². The summed E-state index contributed by atoms with van der Waals surface area (Å²) in [7, 11) is 1.90. The molecule has 1 aliphatic heterocycles. The van der Waals surface area contributed by atoms with E-state index in [-0.39, 0.29) is 5.91 Å². The Balaban J connectivity index is 2.55. The molecule has 3 heteroatoms. The Labute approximate surface area is 48.0 Å². The van der Waals surface area contributed by atoms with Crippen LogP contribution in [0.3, 0.4) is 0 Å². The fraction of sp³-hybridized carbons (Fsp3) is 0.400. The first-order valence-corrected chi connectivity index (χ1v) is 2.45. The Kier molecular flexibility index (Phi) is 1.20. The predicted molar refractivity (Wildman–Crippen MR) is 29.9 cm³/mol. The number of nitrogens with one attached hydrogen (secondary N) is 1. The summed E-state index contributed by atoms with van der Waals surface area (Å²) < 4.78 is 0. The van der Waals surface area contributed by atoms with Gasteiger partial charge in [0.1, 0.15) is 0 Å². The number of carbonyl (C=O) groups excluding carboxylic acids is 1. The summed E-state index contributed by atoms with van der Waals surface area (Å²) in [6.45, 7) is 0.620. The number of hydrogen-bond acceptors (Lipinski definition) is 2. The molecule has 0 aromatic rings. The number of rotatable bonds is 0. The lowest BCUT2D eigenvalue weighted by atomic mass is 10.5. The highest BCUT2D eigenvalue weighted by Gasteiger charge is 2.00. The minimum absolute atomic E-state index is 0.0110. The molecule has 44 valence electrons. The van der Waals surface area contributed by atoms with Crippen molar-refractivity contribution in [3.63, 3.8) is 0 Å². The van der Waals surface area contributed by atoms with Crippen molar-refractivity contribution in [1.29, 1.82) is 0 Å². The van der Waals surface area contributed by atoms with Crippen molar-refractivity contribution in [2.24, 2.45) is 0 Å². The normalized spacial score (nSPS) is 18.6. The molecule has 1 rings (SSSR count). The van der Waals surface area contributed by atoms with Crippen molar-refractivity contribution >= 4 is 5.91 Å². The summed E-state index contributed by atoms with van der Waals surface area (Å²) in [6, 6.07) is 0. The zero-order chi connectivity index (χ0) is 5.98. The molecule has 0 fully saturated rings. The van der Waals surface area contributed by atoms with Gasteiger partial charge in [0, 0.05) is 19.3 Å². The number of carbonyl (C=O) groups is 1. The molecular formula is C5H8N2O. The van der Waals surface area contributed by atoms with Crippen molar-refractivity contribution in [2.45, 2.75) is 0 Å². The third-order valence-electron chi connectivity index (χ3n) is 0.983. The molecule has 0 bridgehead atoms. The van der Waals surface area contributed by atoms with Crippen LogP contribution in [0.5, 0.6) is 0 Å². The van der Waals surface area contributed by atoms with Gasteiger partial charge in [-0.2, -0.15) is 0 Å². The van der Waals surface area contributed by atoms with E-state index in [1.54, 1.807) is 6.20 Å². The Bertz CT molecular complexity index is 130. The monoisotopic (exact) mass is 112 g/mol. The molecule has 0 saturated heterocycles. The topological polar surface area (TPSA) is 32.3 Å². The van der Waals surface area contributed by atoms with Gasteiger partial charge in [-0.25, -0.2) is 0 Å². The molecule has 0 aromatic carbocycles. The van der Waals surface area contributed by atoms with Gasteiger partial charge < -0.3 is 10.2 Å². The van der Waals surface area contributed by atoms with Crippen molar-refractivity contribution in [2.75, 3.05) is 13.7 Å². The maximum absolute atomic E-state index is 10.4. The van der Waals surface area contributed by atoms with Gasteiger partial charge in [-0.3, -0.25) is 4.79 Å². The fourth-order valence-electron chi connectivity index (χ4n) is 0.509. The van der Waals surface area contributed by atoms with Gasteiger partial charge >= 0.3 is 0 Å². The van der Waals surface area contributed by atoms with E-state index >= 15 is 0 Å². The van der Waals surface area contributed by atoms with E-state index in [1.807, 2.05) is 11.9 Å². The molecule has 8 heavy (non-hydrogen) atoms. The summed E-state index contributed by atoms with van der Waals surface area (Å²) in [5.74, 6) is -0.0110. The van der Waals surface area contributed by atoms with Crippen LogP contribution < -0.4 is 5.32 Å². The molecule has 0 spiro atoms. The highest BCUT2D eigenvalue weighted by Crippen LogP contribution is 1.87. The lowest BCUT2D eigenvalue weighted by Gasteiger charge is -2.17. The third kappa shape index (κ3) is 0.992. The molecule has 0 atom stereocenters. The smallest absolute Gasteiger partial charge is 0.246 e. The van der Waals surface area contributed by atoms with Crippen LogP contribution in [0.4, 0.5) is 0 Å². The van der Waals surface area contributed by atoms with E-state index in [0.29, 0.717) is 6.67 Å². The average molecular weight is 112 g/mol. The molecular weight excluding hydrogens is 104 g/mol. The van der Waals surface area contributed by atoms with Crippen molar-refractivity contribution < 1.29 is 4.79 Å². The second-order valence-electron chi connectivity index (χ2n) is 1.77. The summed E-state index contributed by atoms with van der Waals surface area (Å²) in [6.07, 6.45) is 3.25. The minimum Gasteiger partial charge on any atom is -0.363 e. The van der Waals surface area contributed by atoms with E-state index in [9.17, 15) is 4.79 Å². The Morgan fingerprint density at radius 1 is 1.88 bits per heavy atom. The molecule has 1 amide bonds. The van der Waals surface area contributed by atoms with Gasteiger partial charge in [0.25, 0.3) is 0 Å². The van der Waals surface area contributed by atoms with Crippen LogP contribution in [0.15, 0.2) is 12.3 Å². The van der Waals surface area contributed by atoms with Gasteiger partial charge in [0.15, 0.2) is 0 Å². The lowest BCUT2D eigenvalue weighted by molar-refractivity contribution is -0.117. The van der Waals surface area contributed by atoms with E-state index in [1.165, 1.54) is 6.08 Å². The van der Waals surface area contributed by atoms with Gasteiger partial charge in [-0.05, 0) is 0 Å². The molecule has 0 aliphatic carbocycles. The first kappa shape index (κ1) is 5.15. The lowest BCUT2D eigenvalue weighted by Crippen LogP contribution is -2.35. The molecule has 1 N–H and O–H groups in total. The minimum atomic E-state index is -0.0110. The van der Waals surface area contributed by atoms with Gasteiger partial charge in [-0.15, -0.1) is 0 Å². The maximum atomic E-state index is 10.4. The van der Waals surface area contributed by atoms with Crippen LogP contribution in [0.1, 0.15) is 0 Å². The van der Waals surface area contributed by atoms with Crippen LogP contribution in [0, 0.1) is 0 Å². The van der Waals surface area contributed by atoms with E-state index in [4.69, 9.17) is 0 Å². The van der Waals surface area contributed by atoms with Crippen LogP contribution in [-0.2, 0) is 4.79 Å². The Hall–Kier alpha value is -0.990. The summed E-state index contributed by atoms with van der Waals surface area (Å²) in [4.78, 5) is 12.3. The molecule has 0 aromatic heterocycles. The standard InChI is InChI=1S/C5H8N2O/c1-7-3-2-5(8)6-4-7/h2-3H,4H2,1H3,(H,6,8). The van der Waals surface area contributed by atoms with Crippen molar-refractivity contribution in [3.8, 4) is 0 Å². The fourth-order valence-corrected chi connectivity index (χ4v) is 0.509. The van der Waals surface area contributed by atoms with Gasteiger partial charge in [0.2, 0.25) is 5.91 Å². The van der Waals surface area contributed by atoms with Crippen molar-refractivity contribution in [1.82, 2.24) is 10.2 Å². The number of amides is 1. The third-order valence-corrected chi connectivity index (χ3v) is 0.983. The first-order valence-electron chi connectivity index (χ1n) is 2.45.